The summed E-state index contributed by atoms with van der Waals surface area (Å²) in [4.78, 5) is 4.38. The predicted molar refractivity (Wildman–Crippen MR) is 74.9 cm³/mol. The van der Waals surface area contributed by atoms with Crippen LogP contribution in [0.25, 0.3) is 5.65 Å². The molecule has 104 valence electrons. The summed E-state index contributed by atoms with van der Waals surface area (Å²) in [7, 11) is 0. The van der Waals surface area contributed by atoms with Crippen LogP contribution >= 0.6 is 0 Å². The largest absolute Gasteiger partial charge is 0.396 e. The van der Waals surface area contributed by atoms with Crippen LogP contribution < -0.4 is 5.32 Å². The Morgan fingerprint density at radius 2 is 2.21 bits per heavy atom. The van der Waals surface area contributed by atoms with Gasteiger partial charge in [-0.05, 0) is 19.3 Å². The number of aryl methyl sites for hydroxylation is 1. The molecule has 0 bridgehead atoms. The van der Waals surface area contributed by atoms with Crippen LogP contribution in [0.2, 0.25) is 0 Å². The standard InChI is InChI=1S/C14H22N4O/c1-10(2)13(4-5-19)15-7-12-8-16-14-6-11(3)17-18(14)9-12/h6,8-10,13,15,19H,4-5,7H2,1-3H3. The van der Waals surface area contributed by atoms with E-state index in [1.807, 2.05) is 29.9 Å². The van der Waals surface area contributed by atoms with E-state index in [1.54, 1.807) is 0 Å². The number of aromatic nitrogens is 3. The number of hydrogen-bond donors (Lipinski definition) is 2. The molecule has 1 atom stereocenters. The molecule has 19 heavy (non-hydrogen) atoms. The quantitative estimate of drug-likeness (QED) is 0.829. The second-order valence-electron chi connectivity index (χ2n) is 5.29. The topological polar surface area (TPSA) is 62.5 Å². The minimum Gasteiger partial charge on any atom is -0.396 e. The first kappa shape index (κ1) is 14.0. The molecule has 0 radical (unpaired) electrons. The lowest BCUT2D eigenvalue weighted by atomic mass is 10.0. The third-order valence-electron chi connectivity index (χ3n) is 3.30. The van der Waals surface area contributed by atoms with Crippen molar-refractivity contribution in [3.05, 3.63) is 29.7 Å². The van der Waals surface area contributed by atoms with Gasteiger partial charge < -0.3 is 10.4 Å². The number of hydrogen-bond acceptors (Lipinski definition) is 4. The highest BCUT2D eigenvalue weighted by Gasteiger charge is 2.12. The van der Waals surface area contributed by atoms with Crippen molar-refractivity contribution in [1.29, 1.82) is 0 Å². The first-order chi connectivity index (χ1) is 9.10. The number of nitrogens with zero attached hydrogens (tertiary/aromatic N) is 3. The highest BCUT2D eigenvalue weighted by molar-refractivity contribution is 5.38. The molecule has 1 unspecified atom stereocenters. The van der Waals surface area contributed by atoms with E-state index in [9.17, 15) is 0 Å². The summed E-state index contributed by atoms with van der Waals surface area (Å²) in [5, 5.41) is 16.9. The molecule has 0 saturated heterocycles. The van der Waals surface area contributed by atoms with Crippen molar-refractivity contribution in [3.8, 4) is 0 Å². The summed E-state index contributed by atoms with van der Waals surface area (Å²) in [5.41, 5.74) is 2.94. The maximum absolute atomic E-state index is 9.06. The molecule has 0 fully saturated rings. The Morgan fingerprint density at radius 3 is 2.89 bits per heavy atom. The summed E-state index contributed by atoms with van der Waals surface area (Å²) in [5.74, 6) is 0.496. The number of aliphatic hydroxyl groups is 1. The van der Waals surface area contributed by atoms with Gasteiger partial charge in [-0.2, -0.15) is 5.10 Å². The summed E-state index contributed by atoms with van der Waals surface area (Å²) in [6, 6.07) is 2.28. The van der Waals surface area contributed by atoms with Crippen molar-refractivity contribution in [1.82, 2.24) is 19.9 Å². The van der Waals surface area contributed by atoms with E-state index in [4.69, 9.17) is 5.11 Å². The Labute approximate surface area is 113 Å². The molecule has 0 aliphatic carbocycles. The van der Waals surface area contributed by atoms with Crippen molar-refractivity contribution in [2.75, 3.05) is 6.61 Å². The maximum Gasteiger partial charge on any atom is 0.155 e. The van der Waals surface area contributed by atoms with Gasteiger partial charge in [-0.15, -0.1) is 0 Å². The molecule has 2 aromatic rings. The smallest absolute Gasteiger partial charge is 0.155 e. The Morgan fingerprint density at radius 1 is 1.42 bits per heavy atom. The van der Waals surface area contributed by atoms with Crippen molar-refractivity contribution in [2.24, 2.45) is 5.92 Å². The zero-order valence-electron chi connectivity index (χ0n) is 11.8. The van der Waals surface area contributed by atoms with Crippen LogP contribution in [-0.2, 0) is 6.54 Å². The maximum atomic E-state index is 9.06. The molecular formula is C14H22N4O. The fourth-order valence-corrected chi connectivity index (χ4v) is 2.18. The van der Waals surface area contributed by atoms with Gasteiger partial charge in [0.15, 0.2) is 5.65 Å². The molecule has 2 heterocycles. The van der Waals surface area contributed by atoms with Gasteiger partial charge in [0.1, 0.15) is 0 Å². The van der Waals surface area contributed by atoms with Crippen LogP contribution in [-0.4, -0.2) is 32.4 Å². The van der Waals surface area contributed by atoms with E-state index in [-0.39, 0.29) is 6.61 Å². The molecule has 5 heteroatoms. The summed E-state index contributed by atoms with van der Waals surface area (Å²) >= 11 is 0. The summed E-state index contributed by atoms with van der Waals surface area (Å²) in [6.07, 6.45) is 4.65. The Bertz CT molecular complexity index is 535. The van der Waals surface area contributed by atoms with E-state index in [0.717, 1.165) is 29.9 Å². The van der Waals surface area contributed by atoms with Crippen molar-refractivity contribution in [2.45, 2.75) is 39.8 Å². The average molecular weight is 262 g/mol. The lowest BCUT2D eigenvalue weighted by molar-refractivity contribution is 0.244. The Kier molecular flexibility index (Phi) is 4.50. The summed E-state index contributed by atoms with van der Waals surface area (Å²) in [6.45, 7) is 7.23. The van der Waals surface area contributed by atoms with E-state index in [1.165, 1.54) is 0 Å². The molecule has 2 rings (SSSR count). The molecule has 0 spiro atoms. The number of fused-ring (bicyclic) bond motifs is 1. The van der Waals surface area contributed by atoms with Crippen LogP contribution in [0.3, 0.4) is 0 Å². The first-order valence-electron chi connectivity index (χ1n) is 6.75. The van der Waals surface area contributed by atoms with Crippen LogP contribution in [0, 0.1) is 12.8 Å². The zero-order valence-corrected chi connectivity index (χ0v) is 11.8. The predicted octanol–water partition coefficient (Wildman–Crippen LogP) is 1.53. The van der Waals surface area contributed by atoms with E-state index in [0.29, 0.717) is 12.0 Å². The van der Waals surface area contributed by atoms with Gasteiger partial charge in [0.25, 0.3) is 0 Å². The normalized spacial score (nSPS) is 13.3. The van der Waals surface area contributed by atoms with Gasteiger partial charge >= 0.3 is 0 Å². The fourth-order valence-electron chi connectivity index (χ4n) is 2.18. The minimum absolute atomic E-state index is 0.214. The van der Waals surface area contributed by atoms with Crippen LogP contribution in [0.15, 0.2) is 18.5 Å². The van der Waals surface area contributed by atoms with Crippen LogP contribution in [0.5, 0.6) is 0 Å². The van der Waals surface area contributed by atoms with Crippen molar-refractivity contribution < 1.29 is 5.11 Å². The second-order valence-corrected chi connectivity index (χ2v) is 5.29. The Hall–Kier alpha value is -1.46. The molecule has 0 amide bonds. The summed E-state index contributed by atoms with van der Waals surface area (Å²) < 4.78 is 1.81. The fraction of sp³-hybridized carbons (Fsp3) is 0.571. The van der Waals surface area contributed by atoms with Crippen molar-refractivity contribution >= 4 is 5.65 Å². The third kappa shape index (κ3) is 3.52. The molecule has 0 aliphatic rings. The first-order valence-corrected chi connectivity index (χ1v) is 6.75. The molecule has 5 nitrogen and oxygen atoms in total. The SMILES string of the molecule is Cc1cc2ncc(CNC(CCO)C(C)C)cn2n1. The van der Waals surface area contributed by atoms with Gasteiger partial charge in [-0.25, -0.2) is 9.50 Å². The molecule has 2 N–H and O–H groups in total. The Balaban J connectivity index is 2.04. The van der Waals surface area contributed by atoms with Gasteiger partial charge in [0.2, 0.25) is 0 Å². The average Bonchev–Trinajstić information content (AvgIpc) is 2.73. The van der Waals surface area contributed by atoms with Gasteiger partial charge in [-0.1, -0.05) is 13.8 Å². The van der Waals surface area contributed by atoms with E-state index in [2.05, 4.69) is 29.2 Å². The molecule has 0 aromatic carbocycles. The number of rotatable bonds is 6. The highest BCUT2D eigenvalue weighted by atomic mass is 16.3. The zero-order chi connectivity index (χ0) is 13.8. The van der Waals surface area contributed by atoms with E-state index < -0.39 is 0 Å². The lowest BCUT2D eigenvalue weighted by Gasteiger charge is -2.21. The molecule has 2 aromatic heterocycles. The minimum atomic E-state index is 0.214. The molecular weight excluding hydrogens is 240 g/mol. The molecule has 0 saturated carbocycles. The van der Waals surface area contributed by atoms with Gasteiger partial charge in [-0.3, -0.25) is 0 Å². The molecule has 0 aliphatic heterocycles. The number of aliphatic hydroxyl groups excluding tert-OH is 1. The lowest BCUT2D eigenvalue weighted by Crippen LogP contribution is -2.34. The monoisotopic (exact) mass is 262 g/mol. The third-order valence-corrected chi connectivity index (χ3v) is 3.30. The van der Waals surface area contributed by atoms with Gasteiger partial charge in [0, 0.05) is 43.2 Å². The second kappa shape index (κ2) is 6.12. The van der Waals surface area contributed by atoms with E-state index >= 15 is 0 Å². The number of nitrogens with one attached hydrogen (secondary N) is 1. The van der Waals surface area contributed by atoms with Gasteiger partial charge in [0.05, 0.1) is 5.69 Å². The van der Waals surface area contributed by atoms with Crippen molar-refractivity contribution in [3.63, 3.8) is 0 Å². The highest BCUT2D eigenvalue weighted by Crippen LogP contribution is 2.08. The van der Waals surface area contributed by atoms with Crippen LogP contribution in [0.1, 0.15) is 31.5 Å². The van der Waals surface area contributed by atoms with Crippen LogP contribution in [0.4, 0.5) is 0 Å².